The highest BCUT2D eigenvalue weighted by atomic mass is 35.5. The molecule has 0 aliphatic carbocycles. The van der Waals surface area contributed by atoms with Gasteiger partial charge in [0.1, 0.15) is 17.8 Å². The number of nitrogens with zero attached hydrogens (tertiary/aromatic N) is 6. The first kappa shape index (κ1) is 14.5. The minimum absolute atomic E-state index is 0.483. The molecular weight excluding hydrogens is 288 g/mol. The number of aryl methyl sites for hydroxylation is 2. The summed E-state index contributed by atoms with van der Waals surface area (Å²) in [6.45, 7) is 4.87. The van der Waals surface area contributed by atoms with Crippen molar-refractivity contribution in [3.63, 3.8) is 0 Å². The Morgan fingerprint density at radius 2 is 2.24 bits per heavy atom. The standard InChI is InChI=1S/C14H21ClN6/c1-11-13(14(15)19(2)18-11)8-20-6-4-3-5-12(20)7-21-10-16-9-17-21/h9-10,12H,3-8H2,1-2H3/t12-/m1/s1. The lowest BCUT2D eigenvalue weighted by atomic mass is 10.0. The van der Waals surface area contributed by atoms with Crippen molar-refractivity contribution in [3.05, 3.63) is 29.1 Å². The molecule has 0 spiro atoms. The second kappa shape index (κ2) is 6.15. The SMILES string of the molecule is Cc1nn(C)c(Cl)c1CN1CCCC[C@@H]1Cn1cncn1. The largest absolute Gasteiger partial charge is 0.294 e. The van der Waals surface area contributed by atoms with E-state index < -0.39 is 0 Å². The van der Waals surface area contributed by atoms with Gasteiger partial charge in [-0.2, -0.15) is 10.2 Å². The first-order chi connectivity index (χ1) is 10.1. The van der Waals surface area contributed by atoms with E-state index in [1.54, 1.807) is 17.3 Å². The summed E-state index contributed by atoms with van der Waals surface area (Å²) in [5.74, 6) is 0. The van der Waals surface area contributed by atoms with Crippen molar-refractivity contribution in [1.82, 2.24) is 29.4 Å². The van der Waals surface area contributed by atoms with Crippen LogP contribution in [0, 0.1) is 6.92 Å². The van der Waals surface area contributed by atoms with Crippen LogP contribution in [0.3, 0.4) is 0 Å². The summed E-state index contributed by atoms with van der Waals surface area (Å²) in [6, 6.07) is 0.483. The van der Waals surface area contributed by atoms with E-state index in [1.165, 1.54) is 19.3 Å². The van der Waals surface area contributed by atoms with E-state index in [-0.39, 0.29) is 0 Å². The highest BCUT2D eigenvalue weighted by molar-refractivity contribution is 6.30. The molecule has 7 heteroatoms. The van der Waals surface area contributed by atoms with Crippen LogP contribution in [-0.4, -0.2) is 42.0 Å². The molecule has 0 N–H and O–H groups in total. The van der Waals surface area contributed by atoms with Crippen molar-refractivity contribution in [2.45, 2.75) is 45.3 Å². The Hall–Kier alpha value is -1.40. The normalized spacial score (nSPS) is 20.0. The predicted octanol–water partition coefficient (Wildman–Crippen LogP) is 2.03. The highest BCUT2D eigenvalue weighted by Crippen LogP contribution is 2.25. The molecule has 1 aliphatic heterocycles. The van der Waals surface area contributed by atoms with E-state index in [4.69, 9.17) is 11.6 Å². The first-order valence-electron chi connectivity index (χ1n) is 7.39. The van der Waals surface area contributed by atoms with Crippen molar-refractivity contribution in [2.75, 3.05) is 6.54 Å². The Morgan fingerprint density at radius 1 is 1.38 bits per heavy atom. The molecule has 0 unspecified atom stereocenters. The molecule has 1 saturated heterocycles. The number of hydrogen-bond acceptors (Lipinski definition) is 4. The lowest BCUT2D eigenvalue weighted by Crippen LogP contribution is -2.41. The number of aromatic nitrogens is 5. The van der Waals surface area contributed by atoms with Gasteiger partial charge in [-0.25, -0.2) is 4.98 Å². The second-order valence-electron chi connectivity index (χ2n) is 5.72. The van der Waals surface area contributed by atoms with Gasteiger partial charge in [0, 0.05) is 25.2 Å². The number of hydrogen-bond donors (Lipinski definition) is 0. The third-order valence-corrected chi connectivity index (χ3v) is 4.72. The molecule has 3 rings (SSSR count). The Labute approximate surface area is 129 Å². The zero-order valence-electron chi connectivity index (χ0n) is 12.5. The van der Waals surface area contributed by atoms with Crippen LogP contribution in [0.5, 0.6) is 0 Å². The van der Waals surface area contributed by atoms with Gasteiger partial charge in [0.2, 0.25) is 0 Å². The van der Waals surface area contributed by atoms with E-state index >= 15 is 0 Å². The maximum Gasteiger partial charge on any atom is 0.137 e. The fourth-order valence-corrected chi connectivity index (χ4v) is 3.31. The maximum absolute atomic E-state index is 6.37. The van der Waals surface area contributed by atoms with Gasteiger partial charge < -0.3 is 0 Å². The number of piperidine rings is 1. The van der Waals surface area contributed by atoms with Crippen LogP contribution >= 0.6 is 11.6 Å². The molecule has 1 atom stereocenters. The lowest BCUT2D eigenvalue weighted by molar-refractivity contribution is 0.121. The van der Waals surface area contributed by atoms with Gasteiger partial charge in [-0.15, -0.1) is 0 Å². The molecule has 0 radical (unpaired) electrons. The van der Waals surface area contributed by atoms with Gasteiger partial charge >= 0.3 is 0 Å². The Bertz CT molecular complexity index is 591. The fourth-order valence-electron chi connectivity index (χ4n) is 3.07. The van der Waals surface area contributed by atoms with Crippen molar-refractivity contribution < 1.29 is 0 Å². The third-order valence-electron chi connectivity index (χ3n) is 4.24. The van der Waals surface area contributed by atoms with E-state index in [9.17, 15) is 0 Å². The van der Waals surface area contributed by atoms with E-state index in [2.05, 4.69) is 20.1 Å². The summed E-state index contributed by atoms with van der Waals surface area (Å²) < 4.78 is 3.67. The summed E-state index contributed by atoms with van der Waals surface area (Å²) >= 11 is 6.37. The Morgan fingerprint density at radius 3 is 2.90 bits per heavy atom. The smallest absolute Gasteiger partial charge is 0.137 e. The average molecular weight is 309 g/mol. The molecule has 1 fully saturated rings. The summed E-state index contributed by atoms with van der Waals surface area (Å²) in [7, 11) is 1.89. The van der Waals surface area contributed by atoms with Crippen molar-refractivity contribution in [3.8, 4) is 0 Å². The summed E-state index contributed by atoms with van der Waals surface area (Å²) in [4.78, 5) is 6.53. The molecule has 0 aromatic carbocycles. The Balaban J connectivity index is 1.75. The summed E-state index contributed by atoms with van der Waals surface area (Å²) in [6.07, 6.45) is 7.08. The van der Waals surface area contributed by atoms with Crippen LogP contribution in [0.2, 0.25) is 5.15 Å². The molecule has 3 heterocycles. The summed E-state index contributed by atoms with van der Waals surface area (Å²) in [5.41, 5.74) is 2.16. The molecule has 0 bridgehead atoms. The van der Waals surface area contributed by atoms with Crippen LogP contribution in [-0.2, 0) is 20.1 Å². The topological polar surface area (TPSA) is 51.8 Å². The monoisotopic (exact) mass is 308 g/mol. The van der Waals surface area contributed by atoms with Gasteiger partial charge in [0.05, 0.1) is 12.2 Å². The molecule has 0 saturated carbocycles. The van der Waals surface area contributed by atoms with E-state index in [0.717, 1.165) is 36.0 Å². The molecule has 2 aromatic rings. The molecule has 6 nitrogen and oxygen atoms in total. The average Bonchev–Trinajstić information content (AvgIpc) is 3.05. The van der Waals surface area contributed by atoms with Crippen LogP contribution in [0.25, 0.3) is 0 Å². The second-order valence-corrected chi connectivity index (χ2v) is 6.07. The molecule has 1 aliphatic rings. The fraction of sp³-hybridized carbons (Fsp3) is 0.643. The summed E-state index contributed by atoms with van der Waals surface area (Å²) in [5, 5.41) is 9.38. The first-order valence-corrected chi connectivity index (χ1v) is 7.77. The van der Waals surface area contributed by atoms with Gasteiger partial charge in [0.25, 0.3) is 0 Å². The van der Waals surface area contributed by atoms with Crippen molar-refractivity contribution >= 4 is 11.6 Å². The number of rotatable bonds is 4. The van der Waals surface area contributed by atoms with Crippen molar-refractivity contribution in [1.29, 1.82) is 0 Å². The highest BCUT2D eigenvalue weighted by Gasteiger charge is 2.25. The quantitative estimate of drug-likeness (QED) is 0.867. The molecule has 21 heavy (non-hydrogen) atoms. The van der Waals surface area contributed by atoms with Crippen molar-refractivity contribution in [2.24, 2.45) is 7.05 Å². The molecule has 0 amide bonds. The van der Waals surface area contributed by atoms with E-state index in [0.29, 0.717) is 6.04 Å². The van der Waals surface area contributed by atoms with Gasteiger partial charge in [0.15, 0.2) is 0 Å². The molecule has 114 valence electrons. The molecule has 2 aromatic heterocycles. The van der Waals surface area contributed by atoms with Crippen LogP contribution in [0.15, 0.2) is 12.7 Å². The number of likely N-dealkylation sites (tertiary alicyclic amines) is 1. The maximum atomic E-state index is 6.37. The minimum Gasteiger partial charge on any atom is -0.294 e. The van der Waals surface area contributed by atoms with Gasteiger partial charge in [-0.3, -0.25) is 14.3 Å². The zero-order chi connectivity index (χ0) is 14.8. The third kappa shape index (κ3) is 3.11. The van der Waals surface area contributed by atoms with Gasteiger partial charge in [-0.05, 0) is 26.3 Å². The Kier molecular flexibility index (Phi) is 4.26. The lowest BCUT2D eigenvalue weighted by Gasteiger charge is -2.35. The minimum atomic E-state index is 0.483. The van der Waals surface area contributed by atoms with Crippen LogP contribution in [0.1, 0.15) is 30.5 Å². The zero-order valence-corrected chi connectivity index (χ0v) is 13.3. The van der Waals surface area contributed by atoms with E-state index in [1.807, 2.05) is 18.7 Å². The number of halogens is 1. The molecular formula is C14H21ClN6. The van der Waals surface area contributed by atoms with Crippen LogP contribution < -0.4 is 0 Å². The van der Waals surface area contributed by atoms with Crippen LogP contribution in [0.4, 0.5) is 0 Å². The predicted molar refractivity (Wildman–Crippen MR) is 81.0 cm³/mol. The van der Waals surface area contributed by atoms with Gasteiger partial charge in [-0.1, -0.05) is 18.0 Å².